The molecule has 1 atom stereocenters. The van der Waals surface area contributed by atoms with E-state index in [1.807, 2.05) is 17.8 Å². The highest BCUT2D eigenvalue weighted by atomic mass is 79.9. The first kappa shape index (κ1) is 12.3. The topological polar surface area (TPSA) is 43.8 Å². The summed E-state index contributed by atoms with van der Waals surface area (Å²) in [6.07, 6.45) is 4.19. The average Bonchev–Trinajstić information content (AvgIpc) is 2.68. The number of benzene rings is 1. The highest BCUT2D eigenvalue weighted by molar-refractivity contribution is 9.10. The van der Waals surface area contributed by atoms with E-state index in [2.05, 4.69) is 20.9 Å². The van der Waals surface area contributed by atoms with Crippen LogP contribution >= 0.6 is 15.9 Å². The fourth-order valence-corrected chi connectivity index (χ4v) is 2.26. The van der Waals surface area contributed by atoms with Gasteiger partial charge in [0.05, 0.1) is 6.04 Å². The first-order valence-electron chi connectivity index (χ1n) is 5.24. The normalized spacial score (nSPS) is 12.7. The summed E-state index contributed by atoms with van der Waals surface area (Å²) >= 11 is 3.33. The van der Waals surface area contributed by atoms with E-state index in [1.54, 1.807) is 12.3 Å². The predicted octanol–water partition coefficient (Wildman–Crippen LogP) is 2.56. The van der Waals surface area contributed by atoms with Crippen molar-refractivity contribution in [2.45, 2.75) is 12.5 Å². The van der Waals surface area contributed by atoms with Crippen LogP contribution in [0.3, 0.4) is 0 Å². The molecule has 0 fully saturated rings. The van der Waals surface area contributed by atoms with Crippen molar-refractivity contribution in [1.82, 2.24) is 9.55 Å². The van der Waals surface area contributed by atoms with Gasteiger partial charge in [0, 0.05) is 23.9 Å². The van der Waals surface area contributed by atoms with Crippen LogP contribution in [0.15, 0.2) is 35.1 Å². The van der Waals surface area contributed by atoms with Crippen molar-refractivity contribution >= 4 is 15.9 Å². The fraction of sp³-hybridized carbons (Fsp3) is 0.250. The van der Waals surface area contributed by atoms with E-state index >= 15 is 0 Å². The largest absolute Gasteiger partial charge is 0.337 e. The lowest BCUT2D eigenvalue weighted by atomic mass is 10.1. The number of halogens is 2. The molecule has 0 aliphatic rings. The Morgan fingerprint density at radius 3 is 2.88 bits per heavy atom. The van der Waals surface area contributed by atoms with Crippen LogP contribution in [0.4, 0.5) is 4.39 Å². The zero-order valence-corrected chi connectivity index (χ0v) is 11.0. The van der Waals surface area contributed by atoms with Crippen molar-refractivity contribution in [2.24, 2.45) is 12.8 Å². The van der Waals surface area contributed by atoms with E-state index in [1.165, 1.54) is 12.1 Å². The van der Waals surface area contributed by atoms with Crippen LogP contribution in [0.1, 0.15) is 17.4 Å². The maximum Gasteiger partial charge on any atom is 0.125 e. The minimum Gasteiger partial charge on any atom is -0.337 e. The molecule has 1 aromatic carbocycles. The summed E-state index contributed by atoms with van der Waals surface area (Å²) in [4.78, 5) is 4.21. The van der Waals surface area contributed by atoms with Gasteiger partial charge in [0.2, 0.25) is 0 Å². The molecule has 0 saturated heterocycles. The van der Waals surface area contributed by atoms with Crippen LogP contribution in [0.2, 0.25) is 0 Å². The van der Waals surface area contributed by atoms with E-state index in [9.17, 15) is 4.39 Å². The second-order valence-corrected chi connectivity index (χ2v) is 4.80. The van der Waals surface area contributed by atoms with Crippen LogP contribution in [0, 0.1) is 5.82 Å². The van der Waals surface area contributed by atoms with Crippen LogP contribution < -0.4 is 5.73 Å². The molecule has 17 heavy (non-hydrogen) atoms. The third kappa shape index (κ3) is 2.73. The molecule has 0 bridgehead atoms. The second-order valence-electron chi connectivity index (χ2n) is 3.94. The summed E-state index contributed by atoms with van der Waals surface area (Å²) in [6.45, 7) is 0. The highest BCUT2D eigenvalue weighted by Gasteiger charge is 2.13. The Morgan fingerprint density at radius 1 is 1.53 bits per heavy atom. The molecule has 90 valence electrons. The summed E-state index contributed by atoms with van der Waals surface area (Å²) in [6, 6.07) is 4.42. The van der Waals surface area contributed by atoms with Gasteiger partial charge in [-0.1, -0.05) is 22.0 Å². The number of imidazole rings is 1. The Bertz CT molecular complexity index is 524. The summed E-state index contributed by atoms with van der Waals surface area (Å²) < 4.78 is 15.6. The van der Waals surface area contributed by atoms with E-state index in [0.717, 1.165) is 15.9 Å². The van der Waals surface area contributed by atoms with Crippen molar-refractivity contribution in [3.63, 3.8) is 0 Å². The van der Waals surface area contributed by atoms with Crippen molar-refractivity contribution in [1.29, 1.82) is 0 Å². The monoisotopic (exact) mass is 297 g/mol. The Balaban J connectivity index is 2.19. The molecule has 0 amide bonds. The molecule has 5 heteroatoms. The van der Waals surface area contributed by atoms with Gasteiger partial charge in [-0.3, -0.25) is 0 Å². The standard InChI is InChI=1S/C12H13BrFN3/c1-17-5-4-16-12(17)11(15)6-8-2-3-9(14)7-10(8)13/h2-5,7,11H,6,15H2,1H3. The Kier molecular flexibility index (Phi) is 3.59. The molecule has 2 N–H and O–H groups in total. The molecule has 1 aromatic heterocycles. The van der Waals surface area contributed by atoms with Crippen molar-refractivity contribution < 1.29 is 4.39 Å². The SMILES string of the molecule is Cn1ccnc1C(N)Cc1ccc(F)cc1Br. The lowest BCUT2D eigenvalue weighted by Crippen LogP contribution is -2.18. The van der Waals surface area contributed by atoms with E-state index in [0.29, 0.717) is 6.42 Å². The molecule has 0 aliphatic heterocycles. The second kappa shape index (κ2) is 4.98. The van der Waals surface area contributed by atoms with Gasteiger partial charge in [0.1, 0.15) is 11.6 Å². The van der Waals surface area contributed by atoms with Crippen LogP contribution in [-0.2, 0) is 13.5 Å². The van der Waals surface area contributed by atoms with Gasteiger partial charge in [-0.15, -0.1) is 0 Å². The summed E-state index contributed by atoms with van der Waals surface area (Å²) in [5, 5.41) is 0. The smallest absolute Gasteiger partial charge is 0.125 e. The molecule has 1 unspecified atom stereocenters. The molecule has 1 heterocycles. The average molecular weight is 298 g/mol. The molecule has 0 saturated carbocycles. The summed E-state index contributed by atoms with van der Waals surface area (Å²) in [5.74, 6) is 0.562. The van der Waals surface area contributed by atoms with Crippen molar-refractivity contribution in [3.05, 3.63) is 52.3 Å². The quantitative estimate of drug-likeness (QED) is 0.946. The molecule has 0 radical (unpaired) electrons. The van der Waals surface area contributed by atoms with Gasteiger partial charge in [0.15, 0.2) is 0 Å². The minimum absolute atomic E-state index is 0.197. The number of aromatic nitrogens is 2. The molecule has 0 spiro atoms. The third-order valence-electron chi connectivity index (χ3n) is 2.65. The highest BCUT2D eigenvalue weighted by Crippen LogP contribution is 2.22. The maximum atomic E-state index is 12.9. The maximum absolute atomic E-state index is 12.9. The minimum atomic E-state index is -0.258. The molecule has 0 aliphatic carbocycles. The van der Waals surface area contributed by atoms with Gasteiger partial charge in [-0.2, -0.15) is 0 Å². The van der Waals surface area contributed by atoms with Crippen molar-refractivity contribution in [3.8, 4) is 0 Å². The van der Waals surface area contributed by atoms with Gasteiger partial charge in [-0.05, 0) is 24.1 Å². The molecule has 2 aromatic rings. The number of rotatable bonds is 3. The van der Waals surface area contributed by atoms with Gasteiger partial charge < -0.3 is 10.3 Å². The van der Waals surface area contributed by atoms with Gasteiger partial charge >= 0.3 is 0 Å². The Morgan fingerprint density at radius 2 is 2.29 bits per heavy atom. The van der Waals surface area contributed by atoms with E-state index in [4.69, 9.17) is 5.73 Å². The number of hydrogen-bond donors (Lipinski definition) is 1. The van der Waals surface area contributed by atoms with Crippen LogP contribution in [0.25, 0.3) is 0 Å². The predicted molar refractivity (Wildman–Crippen MR) is 67.9 cm³/mol. The number of nitrogens with two attached hydrogens (primary N) is 1. The van der Waals surface area contributed by atoms with Crippen LogP contribution in [0.5, 0.6) is 0 Å². The molecule has 3 nitrogen and oxygen atoms in total. The van der Waals surface area contributed by atoms with Crippen molar-refractivity contribution in [2.75, 3.05) is 0 Å². The third-order valence-corrected chi connectivity index (χ3v) is 3.38. The molecular weight excluding hydrogens is 285 g/mol. The Hall–Kier alpha value is -1.20. The first-order chi connectivity index (χ1) is 8.08. The van der Waals surface area contributed by atoms with E-state index in [-0.39, 0.29) is 11.9 Å². The first-order valence-corrected chi connectivity index (χ1v) is 6.04. The lowest BCUT2D eigenvalue weighted by Gasteiger charge is -2.12. The fourth-order valence-electron chi connectivity index (χ4n) is 1.75. The summed E-state index contributed by atoms with van der Waals surface area (Å²) in [5.41, 5.74) is 7.06. The Labute approximate surface area is 108 Å². The molecular formula is C12H13BrFN3. The summed E-state index contributed by atoms with van der Waals surface area (Å²) in [7, 11) is 1.90. The number of hydrogen-bond acceptors (Lipinski definition) is 2. The lowest BCUT2D eigenvalue weighted by molar-refractivity contribution is 0.616. The number of nitrogens with zero attached hydrogens (tertiary/aromatic N) is 2. The van der Waals surface area contributed by atoms with E-state index < -0.39 is 0 Å². The van der Waals surface area contributed by atoms with Gasteiger partial charge in [0.25, 0.3) is 0 Å². The molecule has 2 rings (SSSR count). The van der Waals surface area contributed by atoms with Gasteiger partial charge in [-0.25, -0.2) is 9.37 Å². The zero-order chi connectivity index (χ0) is 12.4. The number of aryl methyl sites for hydroxylation is 1. The van der Waals surface area contributed by atoms with Crippen LogP contribution in [-0.4, -0.2) is 9.55 Å². The zero-order valence-electron chi connectivity index (χ0n) is 9.40.